The molecule has 0 saturated heterocycles. The molecule has 132 valence electrons. The van der Waals surface area contributed by atoms with Crippen LogP contribution >= 0.6 is 24.0 Å². The molecule has 0 aliphatic carbocycles. The summed E-state index contributed by atoms with van der Waals surface area (Å²) in [5, 5.41) is 3.37. The van der Waals surface area contributed by atoms with Gasteiger partial charge in [-0.1, -0.05) is 0 Å². The van der Waals surface area contributed by atoms with Crippen molar-refractivity contribution >= 4 is 29.9 Å². The monoisotopic (exact) mass is 443 g/mol. The van der Waals surface area contributed by atoms with Gasteiger partial charge in [0.1, 0.15) is 0 Å². The fourth-order valence-corrected chi connectivity index (χ4v) is 2.33. The first-order chi connectivity index (χ1) is 11.1. The Labute approximate surface area is 161 Å². The van der Waals surface area contributed by atoms with E-state index in [9.17, 15) is 0 Å². The van der Waals surface area contributed by atoms with Crippen molar-refractivity contribution in [2.24, 2.45) is 12.0 Å². The van der Waals surface area contributed by atoms with Crippen molar-refractivity contribution in [3.63, 3.8) is 0 Å². The maximum absolute atomic E-state index is 5.43. The Morgan fingerprint density at radius 2 is 2.21 bits per heavy atom. The molecule has 0 saturated carbocycles. The molecule has 2 aromatic heterocycles. The van der Waals surface area contributed by atoms with Crippen molar-refractivity contribution in [3.05, 3.63) is 47.9 Å². The van der Waals surface area contributed by atoms with Gasteiger partial charge in [0, 0.05) is 51.8 Å². The number of rotatable bonds is 6. The number of guanidine groups is 1. The van der Waals surface area contributed by atoms with Gasteiger partial charge < -0.3 is 19.5 Å². The molecule has 0 bridgehead atoms. The summed E-state index contributed by atoms with van der Waals surface area (Å²) in [4.78, 5) is 10.6. The average Bonchev–Trinajstić information content (AvgIpc) is 2.94. The zero-order valence-corrected chi connectivity index (χ0v) is 17.0. The van der Waals surface area contributed by atoms with E-state index in [4.69, 9.17) is 4.74 Å². The first-order valence-electron chi connectivity index (χ1n) is 7.73. The van der Waals surface area contributed by atoms with E-state index in [2.05, 4.69) is 30.8 Å². The minimum absolute atomic E-state index is 0. The van der Waals surface area contributed by atoms with Gasteiger partial charge in [-0.3, -0.25) is 4.99 Å². The Balaban J connectivity index is 0.00000288. The third-order valence-corrected chi connectivity index (χ3v) is 3.57. The summed E-state index contributed by atoms with van der Waals surface area (Å²) in [6.45, 7) is 4.04. The van der Waals surface area contributed by atoms with Crippen LogP contribution in [0.3, 0.4) is 0 Å². The SMILES string of the molecule is CCOc1cc(CNC(=NC)N(C)Cc2cccn2C)ccn1.I. The predicted molar refractivity (Wildman–Crippen MR) is 108 cm³/mol. The lowest BCUT2D eigenvalue weighted by Crippen LogP contribution is -2.38. The number of ether oxygens (including phenoxy) is 1. The first kappa shape index (κ1) is 20.3. The number of hydrogen-bond donors (Lipinski definition) is 1. The van der Waals surface area contributed by atoms with E-state index in [1.807, 2.05) is 45.4 Å². The Kier molecular flexibility index (Phi) is 8.59. The third kappa shape index (κ3) is 5.70. The van der Waals surface area contributed by atoms with E-state index in [-0.39, 0.29) is 24.0 Å². The lowest BCUT2D eigenvalue weighted by molar-refractivity contribution is 0.326. The molecule has 0 aromatic carbocycles. The van der Waals surface area contributed by atoms with Gasteiger partial charge >= 0.3 is 0 Å². The number of aliphatic imine (C=N–C) groups is 1. The summed E-state index contributed by atoms with van der Waals surface area (Å²) in [6.07, 6.45) is 3.81. The van der Waals surface area contributed by atoms with Gasteiger partial charge in [-0.25, -0.2) is 4.98 Å². The average molecular weight is 443 g/mol. The molecule has 24 heavy (non-hydrogen) atoms. The van der Waals surface area contributed by atoms with E-state index < -0.39 is 0 Å². The fourth-order valence-electron chi connectivity index (χ4n) is 2.33. The second kappa shape index (κ2) is 10.2. The fraction of sp³-hybridized carbons (Fsp3) is 0.412. The number of halogens is 1. The normalized spacial score (nSPS) is 10.9. The maximum atomic E-state index is 5.43. The highest BCUT2D eigenvalue weighted by molar-refractivity contribution is 14.0. The lowest BCUT2D eigenvalue weighted by Gasteiger charge is -2.22. The van der Waals surface area contributed by atoms with E-state index in [1.54, 1.807) is 13.2 Å². The molecule has 0 atom stereocenters. The molecule has 0 spiro atoms. The molecule has 0 unspecified atom stereocenters. The lowest BCUT2D eigenvalue weighted by atomic mass is 10.2. The molecule has 6 nitrogen and oxygen atoms in total. The molecular formula is C17H26IN5O. The summed E-state index contributed by atoms with van der Waals surface area (Å²) in [5.41, 5.74) is 2.34. The van der Waals surface area contributed by atoms with Crippen molar-refractivity contribution in [2.75, 3.05) is 20.7 Å². The quantitative estimate of drug-likeness (QED) is 0.424. The molecule has 7 heteroatoms. The smallest absolute Gasteiger partial charge is 0.213 e. The van der Waals surface area contributed by atoms with Gasteiger partial charge in [-0.2, -0.15) is 0 Å². The molecule has 2 aromatic rings. The largest absolute Gasteiger partial charge is 0.478 e. The number of nitrogens with one attached hydrogen (secondary N) is 1. The van der Waals surface area contributed by atoms with Crippen LogP contribution in [0.2, 0.25) is 0 Å². The summed E-state index contributed by atoms with van der Waals surface area (Å²) in [7, 11) is 5.87. The van der Waals surface area contributed by atoms with Crippen LogP contribution in [0.1, 0.15) is 18.2 Å². The highest BCUT2D eigenvalue weighted by Crippen LogP contribution is 2.09. The van der Waals surface area contributed by atoms with Crippen LogP contribution in [0.5, 0.6) is 5.88 Å². The highest BCUT2D eigenvalue weighted by Gasteiger charge is 2.08. The molecule has 0 aliphatic heterocycles. The van der Waals surface area contributed by atoms with Crippen molar-refractivity contribution in [1.29, 1.82) is 0 Å². The molecule has 2 heterocycles. The second-order valence-electron chi connectivity index (χ2n) is 5.30. The number of aromatic nitrogens is 2. The molecule has 2 rings (SSSR count). The molecule has 0 amide bonds. The predicted octanol–water partition coefficient (Wildman–Crippen LogP) is 2.64. The van der Waals surface area contributed by atoms with E-state index in [0.29, 0.717) is 19.0 Å². The minimum atomic E-state index is 0. The minimum Gasteiger partial charge on any atom is -0.478 e. The molecular weight excluding hydrogens is 417 g/mol. The number of hydrogen-bond acceptors (Lipinski definition) is 3. The van der Waals surface area contributed by atoms with Crippen LogP contribution in [-0.4, -0.2) is 41.1 Å². The molecule has 0 radical (unpaired) electrons. The van der Waals surface area contributed by atoms with Crippen LogP contribution in [0, 0.1) is 0 Å². The van der Waals surface area contributed by atoms with Crippen molar-refractivity contribution < 1.29 is 4.74 Å². The second-order valence-corrected chi connectivity index (χ2v) is 5.30. The first-order valence-corrected chi connectivity index (χ1v) is 7.73. The van der Waals surface area contributed by atoms with Crippen LogP contribution < -0.4 is 10.1 Å². The van der Waals surface area contributed by atoms with Crippen molar-refractivity contribution in [3.8, 4) is 5.88 Å². The standard InChI is InChI=1S/C17H25N5O.HI/c1-5-23-16-11-14(8-9-19-16)12-20-17(18-2)22(4)13-15-7-6-10-21(15)3;/h6-11H,5,12-13H2,1-4H3,(H,18,20);1H. The highest BCUT2D eigenvalue weighted by atomic mass is 127. The van der Waals surface area contributed by atoms with Crippen LogP contribution in [0.4, 0.5) is 0 Å². The molecule has 0 fully saturated rings. The topological polar surface area (TPSA) is 54.7 Å². The van der Waals surface area contributed by atoms with E-state index in [0.717, 1.165) is 18.1 Å². The Morgan fingerprint density at radius 1 is 1.42 bits per heavy atom. The number of pyridine rings is 1. The van der Waals surface area contributed by atoms with Crippen LogP contribution in [-0.2, 0) is 20.1 Å². The third-order valence-electron chi connectivity index (χ3n) is 3.57. The van der Waals surface area contributed by atoms with Gasteiger partial charge in [0.25, 0.3) is 0 Å². The Bertz CT molecular complexity index is 656. The zero-order valence-electron chi connectivity index (χ0n) is 14.7. The van der Waals surface area contributed by atoms with E-state index >= 15 is 0 Å². The number of nitrogens with zero attached hydrogens (tertiary/aromatic N) is 4. The maximum Gasteiger partial charge on any atom is 0.213 e. The van der Waals surface area contributed by atoms with Crippen molar-refractivity contribution in [1.82, 2.24) is 19.8 Å². The summed E-state index contributed by atoms with van der Waals surface area (Å²) in [5.74, 6) is 1.50. The van der Waals surface area contributed by atoms with Crippen LogP contribution in [0.25, 0.3) is 0 Å². The zero-order chi connectivity index (χ0) is 16.7. The van der Waals surface area contributed by atoms with Gasteiger partial charge in [-0.05, 0) is 30.7 Å². The van der Waals surface area contributed by atoms with Crippen LogP contribution in [0.15, 0.2) is 41.7 Å². The molecule has 0 aliphatic rings. The van der Waals surface area contributed by atoms with Gasteiger partial charge in [0.2, 0.25) is 5.88 Å². The van der Waals surface area contributed by atoms with Gasteiger partial charge in [-0.15, -0.1) is 24.0 Å². The van der Waals surface area contributed by atoms with Gasteiger partial charge in [0.15, 0.2) is 5.96 Å². The van der Waals surface area contributed by atoms with Gasteiger partial charge in [0.05, 0.1) is 13.2 Å². The van der Waals surface area contributed by atoms with Crippen molar-refractivity contribution in [2.45, 2.75) is 20.0 Å². The van der Waals surface area contributed by atoms with E-state index in [1.165, 1.54) is 5.69 Å². The Hall–Kier alpha value is -1.77. The summed E-state index contributed by atoms with van der Waals surface area (Å²) >= 11 is 0. The Morgan fingerprint density at radius 3 is 2.83 bits per heavy atom. The number of aryl methyl sites for hydroxylation is 1. The summed E-state index contributed by atoms with van der Waals surface area (Å²) < 4.78 is 7.54. The summed E-state index contributed by atoms with van der Waals surface area (Å²) in [6, 6.07) is 8.08. The molecule has 1 N–H and O–H groups in total.